The maximum Gasteiger partial charge on any atom is 0.326 e. The lowest BCUT2D eigenvalue weighted by atomic mass is 9.97. The maximum absolute atomic E-state index is 13.4. The number of nitrogens with one attached hydrogen (secondary N) is 3. The molecule has 10 nitrogen and oxygen atoms in total. The van der Waals surface area contributed by atoms with Crippen LogP contribution in [0.1, 0.15) is 66.4 Å². The number of carboxylic acid groups (broad SMARTS) is 1. The molecule has 5 atom stereocenters. The Hall–Kier alpha value is -3.14. The van der Waals surface area contributed by atoms with Gasteiger partial charge in [0, 0.05) is 6.42 Å². The molecule has 208 valence electrons. The third kappa shape index (κ3) is 11.2. The van der Waals surface area contributed by atoms with Crippen LogP contribution < -0.4 is 21.7 Å². The maximum atomic E-state index is 13.4. The largest absolute Gasteiger partial charge is 0.508 e. The molecular formula is C27H44N4O6. The van der Waals surface area contributed by atoms with Crippen molar-refractivity contribution in [2.24, 2.45) is 23.5 Å². The highest BCUT2D eigenvalue weighted by molar-refractivity contribution is 5.94. The highest BCUT2D eigenvalue weighted by atomic mass is 16.4. The number of carbonyl (C=O) groups excluding carboxylic acids is 3. The Kier molecular flexibility index (Phi) is 13.1. The fourth-order valence-corrected chi connectivity index (χ4v) is 3.88. The van der Waals surface area contributed by atoms with Crippen LogP contribution in [-0.4, -0.2) is 58.1 Å². The molecule has 0 saturated heterocycles. The predicted molar refractivity (Wildman–Crippen MR) is 142 cm³/mol. The Labute approximate surface area is 219 Å². The molecule has 0 aliphatic rings. The van der Waals surface area contributed by atoms with Gasteiger partial charge in [-0.25, -0.2) is 4.79 Å². The van der Waals surface area contributed by atoms with Gasteiger partial charge in [0.1, 0.15) is 23.9 Å². The summed E-state index contributed by atoms with van der Waals surface area (Å²) in [4.78, 5) is 51.0. The molecule has 3 amide bonds. The molecule has 0 aliphatic heterocycles. The second-order valence-electron chi connectivity index (χ2n) is 10.6. The molecule has 5 unspecified atom stereocenters. The molecule has 0 heterocycles. The summed E-state index contributed by atoms with van der Waals surface area (Å²) in [6, 6.07) is 2.29. The van der Waals surface area contributed by atoms with Crippen LogP contribution in [0.3, 0.4) is 0 Å². The lowest BCUT2D eigenvalue weighted by Crippen LogP contribution is -2.58. The van der Waals surface area contributed by atoms with Crippen LogP contribution in [0, 0.1) is 17.8 Å². The van der Waals surface area contributed by atoms with E-state index in [1.807, 2.05) is 34.6 Å². The molecule has 1 aromatic carbocycles. The van der Waals surface area contributed by atoms with E-state index in [2.05, 4.69) is 16.0 Å². The number of aliphatic carboxylic acids is 1. The summed E-state index contributed by atoms with van der Waals surface area (Å²) in [5.74, 6) is -2.86. The molecule has 0 fully saturated rings. The average Bonchev–Trinajstić information content (AvgIpc) is 2.81. The van der Waals surface area contributed by atoms with E-state index in [-0.39, 0.29) is 36.3 Å². The van der Waals surface area contributed by atoms with Gasteiger partial charge in [0.2, 0.25) is 17.7 Å². The van der Waals surface area contributed by atoms with Crippen molar-refractivity contribution in [2.75, 3.05) is 0 Å². The second-order valence-corrected chi connectivity index (χ2v) is 10.6. The Bertz CT molecular complexity index is 903. The van der Waals surface area contributed by atoms with Gasteiger partial charge >= 0.3 is 5.97 Å². The highest BCUT2D eigenvalue weighted by Gasteiger charge is 2.32. The van der Waals surface area contributed by atoms with Crippen LogP contribution in [0.4, 0.5) is 0 Å². The summed E-state index contributed by atoms with van der Waals surface area (Å²) in [7, 11) is 0. The third-order valence-corrected chi connectivity index (χ3v) is 6.19. The van der Waals surface area contributed by atoms with Gasteiger partial charge < -0.3 is 31.9 Å². The first kappa shape index (κ1) is 31.9. The van der Waals surface area contributed by atoms with Crippen molar-refractivity contribution in [2.45, 2.75) is 91.4 Å². The second kappa shape index (κ2) is 15.2. The number of amides is 3. The molecular weight excluding hydrogens is 476 g/mol. The number of carbonyl (C=O) groups is 4. The lowest BCUT2D eigenvalue weighted by molar-refractivity contribution is -0.144. The molecule has 10 heteroatoms. The van der Waals surface area contributed by atoms with Gasteiger partial charge in [-0.05, 0) is 48.3 Å². The van der Waals surface area contributed by atoms with E-state index in [4.69, 9.17) is 5.73 Å². The number of rotatable bonds is 15. The summed E-state index contributed by atoms with van der Waals surface area (Å²) in [5.41, 5.74) is 6.71. The zero-order chi connectivity index (χ0) is 28.3. The fraction of sp³-hybridized carbons (Fsp3) is 0.630. The molecule has 0 spiro atoms. The standard InChI is InChI=1S/C27H44N4O6/c1-7-17(6)23(27(36)37)31-26(35)21(13-16(4)5)30-25(34)22(14-18-8-10-19(32)11-9-18)29-24(33)20(28)12-15(2)3/h8-11,15-17,20-23,32H,7,12-14,28H2,1-6H3,(H,29,33)(H,30,34)(H,31,35)(H,36,37). The van der Waals surface area contributed by atoms with Gasteiger partial charge in [-0.1, -0.05) is 60.1 Å². The van der Waals surface area contributed by atoms with E-state index in [0.717, 1.165) is 0 Å². The molecule has 1 aromatic rings. The average molecular weight is 521 g/mol. The summed E-state index contributed by atoms with van der Waals surface area (Å²) < 4.78 is 0. The quantitative estimate of drug-likeness (QED) is 0.205. The van der Waals surface area contributed by atoms with Crippen molar-refractivity contribution < 1.29 is 29.4 Å². The summed E-state index contributed by atoms with van der Waals surface area (Å²) in [6.07, 6.45) is 1.36. The van der Waals surface area contributed by atoms with Crippen molar-refractivity contribution in [1.29, 1.82) is 0 Å². The molecule has 0 aliphatic carbocycles. The van der Waals surface area contributed by atoms with Crippen LogP contribution in [-0.2, 0) is 25.6 Å². The van der Waals surface area contributed by atoms with Crippen LogP contribution in [0.2, 0.25) is 0 Å². The minimum Gasteiger partial charge on any atom is -0.508 e. The van der Waals surface area contributed by atoms with Crippen LogP contribution in [0.5, 0.6) is 5.75 Å². The van der Waals surface area contributed by atoms with Crippen LogP contribution in [0.25, 0.3) is 0 Å². The smallest absolute Gasteiger partial charge is 0.326 e. The fourth-order valence-electron chi connectivity index (χ4n) is 3.88. The van der Waals surface area contributed by atoms with Crippen molar-refractivity contribution in [3.05, 3.63) is 29.8 Å². The Balaban J connectivity index is 3.16. The Morgan fingerprint density at radius 2 is 1.32 bits per heavy atom. The first-order valence-corrected chi connectivity index (χ1v) is 12.9. The normalized spacial score (nSPS) is 15.4. The Morgan fingerprint density at radius 3 is 1.81 bits per heavy atom. The molecule has 37 heavy (non-hydrogen) atoms. The van der Waals surface area contributed by atoms with Crippen molar-refractivity contribution in [3.63, 3.8) is 0 Å². The Morgan fingerprint density at radius 1 is 0.811 bits per heavy atom. The predicted octanol–water partition coefficient (Wildman–Crippen LogP) is 1.94. The molecule has 1 rings (SSSR count). The first-order valence-electron chi connectivity index (χ1n) is 12.9. The molecule has 0 saturated carbocycles. The minimum atomic E-state index is -1.14. The van der Waals surface area contributed by atoms with E-state index >= 15 is 0 Å². The number of hydrogen-bond acceptors (Lipinski definition) is 6. The topological polar surface area (TPSA) is 171 Å². The first-order chi connectivity index (χ1) is 17.2. The summed E-state index contributed by atoms with van der Waals surface area (Å²) in [6.45, 7) is 11.2. The van der Waals surface area contributed by atoms with E-state index in [0.29, 0.717) is 18.4 Å². The van der Waals surface area contributed by atoms with Crippen LogP contribution >= 0.6 is 0 Å². The number of phenols is 1. The van der Waals surface area contributed by atoms with E-state index in [9.17, 15) is 29.4 Å². The van der Waals surface area contributed by atoms with Gasteiger partial charge in [-0.2, -0.15) is 0 Å². The molecule has 0 aromatic heterocycles. The van der Waals surface area contributed by atoms with Crippen molar-refractivity contribution in [1.82, 2.24) is 16.0 Å². The number of carboxylic acids is 1. The van der Waals surface area contributed by atoms with Gasteiger partial charge in [0.05, 0.1) is 6.04 Å². The van der Waals surface area contributed by atoms with Crippen molar-refractivity contribution >= 4 is 23.7 Å². The van der Waals surface area contributed by atoms with Gasteiger partial charge in [0.25, 0.3) is 0 Å². The number of benzene rings is 1. The van der Waals surface area contributed by atoms with Crippen molar-refractivity contribution in [3.8, 4) is 5.75 Å². The number of aromatic hydroxyl groups is 1. The third-order valence-electron chi connectivity index (χ3n) is 6.19. The number of hydrogen-bond donors (Lipinski definition) is 6. The van der Waals surface area contributed by atoms with Gasteiger partial charge in [-0.3, -0.25) is 14.4 Å². The minimum absolute atomic E-state index is 0.0209. The lowest BCUT2D eigenvalue weighted by Gasteiger charge is -2.27. The van der Waals surface area contributed by atoms with Gasteiger partial charge in [0.15, 0.2) is 0 Å². The molecule has 0 bridgehead atoms. The highest BCUT2D eigenvalue weighted by Crippen LogP contribution is 2.14. The van der Waals surface area contributed by atoms with E-state index < -0.39 is 47.9 Å². The summed E-state index contributed by atoms with van der Waals surface area (Å²) >= 11 is 0. The molecule has 7 N–H and O–H groups in total. The zero-order valence-corrected chi connectivity index (χ0v) is 22.8. The number of phenolic OH excluding ortho intramolecular Hbond substituents is 1. The van der Waals surface area contributed by atoms with E-state index in [1.54, 1.807) is 19.1 Å². The van der Waals surface area contributed by atoms with Crippen LogP contribution in [0.15, 0.2) is 24.3 Å². The van der Waals surface area contributed by atoms with Gasteiger partial charge in [-0.15, -0.1) is 0 Å². The SMILES string of the molecule is CCC(C)C(NC(=O)C(CC(C)C)NC(=O)C(Cc1ccc(O)cc1)NC(=O)C(N)CC(C)C)C(=O)O. The molecule has 0 radical (unpaired) electrons. The number of nitrogens with two attached hydrogens (primary N) is 1. The monoisotopic (exact) mass is 520 g/mol. The van der Waals surface area contributed by atoms with E-state index in [1.165, 1.54) is 12.1 Å². The zero-order valence-electron chi connectivity index (χ0n) is 22.8. The summed E-state index contributed by atoms with van der Waals surface area (Å²) in [5, 5.41) is 27.1.